The van der Waals surface area contributed by atoms with Gasteiger partial charge in [0.15, 0.2) is 5.84 Å². The van der Waals surface area contributed by atoms with E-state index in [1.54, 1.807) is 30.3 Å². The van der Waals surface area contributed by atoms with Gasteiger partial charge < -0.3 is 15.1 Å². The minimum Gasteiger partial charge on any atom is -0.340 e. The first-order valence-corrected chi connectivity index (χ1v) is 6.93. The van der Waals surface area contributed by atoms with Crippen molar-refractivity contribution in [2.24, 2.45) is 4.76 Å². The highest BCUT2D eigenvalue weighted by Crippen LogP contribution is 2.40. The first kappa shape index (κ1) is 14.8. The Labute approximate surface area is 113 Å². The van der Waals surface area contributed by atoms with E-state index in [4.69, 9.17) is 44.6 Å². The van der Waals surface area contributed by atoms with Gasteiger partial charge in [-0.25, -0.2) is 4.57 Å². The number of hydrogen-bond acceptors (Lipinski definition) is 1. The van der Waals surface area contributed by atoms with Crippen LogP contribution in [0.1, 0.15) is 0 Å². The van der Waals surface area contributed by atoms with Crippen LogP contribution in [0.5, 0.6) is 0 Å². The molecule has 0 heterocycles. The summed E-state index contributed by atoms with van der Waals surface area (Å²) >= 11 is 16.6. The van der Waals surface area contributed by atoms with Gasteiger partial charge >= 0.3 is 7.75 Å². The van der Waals surface area contributed by atoms with Crippen LogP contribution in [-0.4, -0.2) is 19.4 Å². The Morgan fingerprint density at radius 1 is 1.24 bits per heavy atom. The first-order valence-electron chi connectivity index (χ1n) is 4.23. The standard InChI is InChI=1S/C8H8Cl3N2O3P/c9-8(10,11)7(13-17(14,15)16)12-6-4-2-1-3-5-6/h1-5H,(H3,12,13,14,15,16). The molecule has 3 N–H and O–H groups in total. The maximum Gasteiger partial charge on any atom is 0.450 e. The Balaban J connectivity index is 3.03. The fourth-order valence-corrected chi connectivity index (χ4v) is 1.85. The summed E-state index contributed by atoms with van der Waals surface area (Å²) in [6.45, 7) is 0. The van der Waals surface area contributed by atoms with Gasteiger partial charge in [0.25, 0.3) is 0 Å². The second-order valence-electron chi connectivity index (χ2n) is 2.95. The highest BCUT2D eigenvalue weighted by Gasteiger charge is 2.31. The number of nitrogens with zero attached hydrogens (tertiary/aromatic N) is 1. The molecular weight excluding hydrogens is 309 g/mol. The van der Waals surface area contributed by atoms with Crippen molar-refractivity contribution in [3.05, 3.63) is 30.3 Å². The van der Waals surface area contributed by atoms with E-state index in [1.807, 2.05) is 0 Å². The zero-order valence-electron chi connectivity index (χ0n) is 8.22. The molecule has 0 aliphatic rings. The molecular formula is C8H8Cl3N2O3P. The van der Waals surface area contributed by atoms with Gasteiger partial charge in [-0.1, -0.05) is 53.0 Å². The van der Waals surface area contributed by atoms with Gasteiger partial charge in [0.1, 0.15) is 0 Å². The third-order valence-electron chi connectivity index (χ3n) is 1.54. The molecule has 5 nitrogen and oxygen atoms in total. The van der Waals surface area contributed by atoms with Crippen molar-refractivity contribution in [2.75, 3.05) is 5.32 Å². The van der Waals surface area contributed by atoms with Crippen LogP contribution in [-0.2, 0) is 4.57 Å². The van der Waals surface area contributed by atoms with E-state index in [0.717, 1.165) is 0 Å². The zero-order valence-corrected chi connectivity index (χ0v) is 11.4. The molecule has 0 radical (unpaired) electrons. The zero-order chi connectivity index (χ0) is 13.1. The molecule has 0 amide bonds. The minimum atomic E-state index is -4.68. The van der Waals surface area contributed by atoms with Crippen molar-refractivity contribution in [1.82, 2.24) is 0 Å². The van der Waals surface area contributed by atoms with E-state index < -0.39 is 17.4 Å². The molecule has 0 unspecified atom stereocenters. The van der Waals surface area contributed by atoms with E-state index in [1.165, 1.54) is 0 Å². The van der Waals surface area contributed by atoms with Gasteiger partial charge in [0, 0.05) is 5.69 Å². The summed E-state index contributed by atoms with van der Waals surface area (Å²) < 4.78 is 11.8. The molecule has 9 heteroatoms. The average molecular weight is 317 g/mol. The van der Waals surface area contributed by atoms with Crippen LogP contribution < -0.4 is 5.32 Å². The monoisotopic (exact) mass is 316 g/mol. The van der Waals surface area contributed by atoms with E-state index in [-0.39, 0.29) is 0 Å². The lowest BCUT2D eigenvalue weighted by Crippen LogP contribution is -2.27. The van der Waals surface area contributed by atoms with E-state index in [0.29, 0.717) is 5.69 Å². The first-order chi connectivity index (χ1) is 7.68. The summed E-state index contributed by atoms with van der Waals surface area (Å²) in [5.74, 6) is -0.443. The number of nitrogens with one attached hydrogen (secondary N) is 1. The molecule has 0 bridgehead atoms. The second kappa shape index (κ2) is 5.57. The third-order valence-corrected chi connectivity index (χ3v) is 2.53. The largest absolute Gasteiger partial charge is 0.450 e. The number of hydrogen-bond donors (Lipinski definition) is 3. The van der Waals surface area contributed by atoms with Gasteiger partial charge in [-0.05, 0) is 12.1 Å². The SMILES string of the molecule is O=P(O)(O)/N=C(\Nc1ccccc1)C(Cl)(Cl)Cl. The van der Waals surface area contributed by atoms with Crippen LogP contribution in [0.3, 0.4) is 0 Å². The number of para-hydroxylation sites is 1. The molecule has 1 rings (SSSR count). The lowest BCUT2D eigenvalue weighted by Gasteiger charge is -2.16. The van der Waals surface area contributed by atoms with Crippen molar-refractivity contribution in [2.45, 2.75) is 3.79 Å². The molecule has 0 aliphatic heterocycles. The van der Waals surface area contributed by atoms with Crippen molar-refractivity contribution in [3.8, 4) is 0 Å². The van der Waals surface area contributed by atoms with E-state index in [2.05, 4.69) is 10.1 Å². The molecule has 17 heavy (non-hydrogen) atoms. The predicted octanol–water partition coefficient (Wildman–Crippen LogP) is 2.96. The highest BCUT2D eigenvalue weighted by molar-refractivity contribution is 7.50. The Morgan fingerprint density at radius 2 is 1.76 bits per heavy atom. The third kappa shape index (κ3) is 5.73. The van der Waals surface area contributed by atoms with Gasteiger partial charge in [-0.3, -0.25) is 0 Å². The number of amidine groups is 1. The summed E-state index contributed by atoms with van der Waals surface area (Å²) in [5.41, 5.74) is 0.492. The second-order valence-corrected chi connectivity index (χ2v) is 6.46. The topological polar surface area (TPSA) is 81.9 Å². The van der Waals surface area contributed by atoms with Crippen LogP contribution in [0.2, 0.25) is 0 Å². The molecule has 0 fully saturated rings. The molecule has 0 saturated carbocycles. The predicted molar refractivity (Wildman–Crippen MR) is 69.8 cm³/mol. The quantitative estimate of drug-likeness (QED) is 0.339. The molecule has 1 aromatic carbocycles. The fraction of sp³-hybridized carbons (Fsp3) is 0.125. The highest BCUT2D eigenvalue weighted by atomic mass is 35.6. The Bertz CT molecular complexity index is 455. The van der Waals surface area contributed by atoms with Crippen LogP contribution in [0.15, 0.2) is 35.1 Å². The lowest BCUT2D eigenvalue weighted by atomic mass is 10.3. The molecule has 1 aromatic rings. The Kier molecular flexibility index (Phi) is 4.84. The summed E-state index contributed by atoms with van der Waals surface area (Å²) in [5, 5.41) is 2.54. The summed E-state index contributed by atoms with van der Waals surface area (Å²) in [4.78, 5) is 17.5. The fourth-order valence-electron chi connectivity index (χ4n) is 0.941. The van der Waals surface area contributed by atoms with Crippen molar-refractivity contribution < 1.29 is 14.4 Å². The normalized spacial score (nSPS) is 13.6. The van der Waals surface area contributed by atoms with Gasteiger partial charge in [-0.2, -0.15) is 4.76 Å². The van der Waals surface area contributed by atoms with E-state index in [9.17, 15) is 4.57 Å². The number of anilines is 1. The van der Waals surface area contributed by atoms with Gasteiger partial charge in [0.05, 0.1) is 0 Å². The maximum absolute atomic E-state index is 10.8. The summed E-state index contributed by atoms with van der Waals surface area (Å²) in [6.07, 6.45) is 0. The van der Waals surface area contributed by atoms with Crippen LogP contribution in [0, 0.1) is 0 Å². The Morgan fingerprint density at radius 3 is 2.18 bits per heavy atom. The number of benzene rings is 1. The number of halogens is 3. The van der Waals surface area contributed by atoms with Crippen LogP contribution in [0.4, 0.5) is 5.69 Å². The van der Waals surface area contributed by atoms with Crippen LogP contribution in [0.25, 0.3) is 0 Å². The number of alkyl halides is 3. The van der Waals surface area contributed by atoms with E-state index >= 15 is 0 Å². The number of rotatable bonds is 2. The molecule has 0 atom stereocenters. The molecule has 0 aliphatic carbocycles. The van der Waals surface area contributed by atoms with Crippen molar-refractivity contribution in [1.29, 1.82) is 0 Å². The lowest BCUT2D eigenvalue weighted by molar-refractivity contribution is 0.375. The van der Waals surface area contributed by atoms with Crippen molar-refractivity contribution >= 4 is 54.1 Å². The maximum atomic E-state index is 10.8. The summed E-state index contributed by atoms with van der Waals surface area (Å²) in [6, 6.07) is 8.43. The molecule has 0 saturated heterocycles. The smallest absolute Gasteiger partial charge is 0.340 e. The molecule has 0 spiro atoms. The molecule has 94 valence electrons. The van der Waals surface area contributed by atoms with Gasteiger partial charge in [0.2, 0.25) is 3.79 Å². The minimum absolute atomic E-state index is 0.443. The summed E-state index contributed by atoms with van der Waals surface area (Å²) in [7, 11) is -4.68. The van der Waals surface area contributed by atoms with Gasteiger partial charge in [-0.15, -0.1) is 0 Å². The van der Waals surface area contributed by atoms with Crippen molar-refractivity contribution in [3.63, 3.8) is 0 Å². The Hall–Kier alpha value is -0.290. The molecule has 0 aromatic heterocycles. The average Bonchev–Trinajstić information content (AvgIpc) is 2.15. The van der Waals surface area contributed by atoms with Crippen LogP contribution >= 0.6 is 42.5 Å².